The van der Waals surface area contributed by atoms with Crippen molar-refractivity contribution < 1.29 is 14.5 Å². The lowest BCUT2D eigenvalue weighted by atomic mass is 10.1. The van der Waals surface area contributed by atoms with Gasteiger partial charge in [0.2, 0.25) is 5.91 Å². The molecular formula is C24H23N3O4S. The Bertz CT molecular complexity index is 1160. The lowest BCUT2D eigenvalue weighted by Crippen LogP contribution is -2.33. The molecule has 164 valence electrons. The van der Waals surface area contributed by atoms with E-state index in [4.69, 9.17) is 0 Å². The van der Waals surface area contributed by atoms with Gasteiger partial charge in [0.25, 0.3) is 11.6 Å². The van der Waals surface area contributed by atoms with Crippen LogP contribution in [0.4, 0.5) is 11.4 Å². The molecule has 0 aliphatic rings. The van der Waals surface area contributed by atoms with Crippen molar-refractivity contribution >= 4 is 35.0 Å². The van der Waals surface area contributed by atoms with Gasteiger partial charge < -0.3 is 10.6 Å². The Labute approximate surface area is 190 Å². The highest BCUT2D eigenvalue weighted by Gasteiger charge is 2.19. The fourth-order valence-electron chi connectivity index (χ4n) is 3.08. The second-order valence-electron chi connectivity index (χ2n) is 7.35. The normalized spacial score (nSPS) is 10.5. The van der Waals surface area contributed by atoms with Crippen molar-refractivity contribution in [3.63, 3.8) is 0 Å². The zero-order chi connectivity index (χ0) is 23.3. The maximum absolute atomic E-state index is 12.5. The lowest BCUT2D eigenvalue weighted by Gasteiger charge is -2.12. The first-order valence-electron chi connectivity index (χ1n) is 9.92. The maximum Gasteiger partial charge on any atom is 0.284 e. The fourth-order valence-corrected chi connectivity index (χ4v) is 3.98. The van der Waals surface area contributed by atoms with Crippen molar-refractivity contribution in [3.05, 3.63) is 93.0 Å². The average Bonchev–Trinajstić information content (AvgIpc) is 2.76. The van der Waals surface area contributed by atoms with Gasteiger partial charge in [0, 0.05) is 22.2 Å². The maximum atomic E-state index is 12.5. The Kier molecular flexibility index (Phi) is 7.27. The van der Waals surface area contributed by atoms with E-state index in [0.29, 0.717) is 10.6 Å². The molecule has 0 aromatic heterocycles. The molecule has 0 fully saturated rings. The van der Waals surface area contributed by atoms with E-state index >= 15 is 0 Å². The minimum Gasteiger partial charge on any atom is -0.343 e. The zero-order valence-electron chi connectivity index (χ0n) is 18.0. The number of carbonyl (C=O) groups is 2. The van der Waals surface area contributed by atoms with E-state index < -0.39 is 10.8 Å². The minimum absolute atomic E-state index is 0.116. The molecule has 3 aromatic rings. The van der Waals surface area contributed by atoms with Gasteiger partial charge in [0.05, 0.1) is 16.4 Å². The molecule has 3 rings (SSSR count). The largest absolute Gasteiger partial charge is 0.343 e. The summed E-state index contributed by atoms with van der Waals surface area (Å²) in [5, 5.41) is 16.9. The number of para-hydroxylation sites is 1. The van der Waals surface area contributed by atoms with E-state index in [1.54, 1.807) is 6.07 Å². The van der Waals surface area contributed by atoms with E-state index in [2.05, 4.69) is 10.6 Å². The number of hydrogen-bond acceptors (Lipinski definition) is 5. The number of nitrogens with one attached hydrogen (secondary N) is 2. The number of benzene rings is 3. The standard InChI is InChI=1S/C24H23N3O4S/c1-15-7-10-19(11-8-15)32-21-12-9-18(13-20(21)27(30)31)24(29)25-14-22(28)26-23-16(2)5-4-6-17(23)3/h4-13H,14H2,1-3H3,(H,25,29)(H,26,28). The van der Waals surface area contributed by atoms with Crippen LogP contribution in [0.1, 0.15) is 27.0 Å². The van der Waals surface area contributed by atoms with E-state index in [9.17, 15) is 19.7 Å². The third-order valence-corrected chi connectivity index (χ3v) is 5.89. The summed E-state index contributed by atoms with van der Waals surface area (Å²) >= 11 is 1.26. The van der Waals surface area contributed by atoms with Crippen LogP contribution in [0, 0.1) is 30.9 Å². The third-order valence-electron chi connectivity index (χ3n) is 4.82. The van der Waals surface area contributed by atoms with Crippen LogP contribution < -0.4 is 10.6 Å². The van der Waals surface area contributed by atoms with Crippen LogP contribution in [0.3, 0.4) is 0 Å². The predicted octanol–water partition coefficient (Wildman–Crippen LogP) is 5.04. The molecular weight excluding hydrogens is 426 g/mol. The van der Waals surface area contributed by atoms with Gasteiger partial charge in [-0.1, -0.05) is 47.7 Å². The van der Waals surface area contributed by atoms with Crippen molar-refractivity contribution in [1.82, 2.24) is 5.32 Å². The lowest BCUT2D eigenvalue weighted by molar-refractivity contribution is -0.387. The molecule has 32 heavy (non-hydrogen) atoms. The quantitative estimate of drug-likeness (QED) is 0.389. The van der Waals surface area contributed by atoms with E-state index in [-0.39, 0.29) is 23.7 Å². The molecule has 2 amide bonds. The summed E-state index contributed by atoms with van der Waals surface area (Å²) < 4.78 is 0. The molecule has 8 heteroatoms. The molecule has 0 aliphatic carbocycles. The number of amides is 2. The van der Waals surface area contributed by atoms with Gasteiger partial charge in [-0.05, 0) is 56.2 Å². The molecule has 0 saturated carbocycles. The molecule has 3 aromatic carbocycles. The second kappa shape index (κ2) is 10.1. The van der Waals surface area contributed by atoms with Gasteiger partial charge in [0.15, 0.2) is 0 Å². The summed E-state index contributed by atoms with van der Waals surface area (Å²) in [6.45, 7) is 5.49. The SMILES string of the molecule is Cc1ccc(Sc2ccc(C(=O)NCC(=O)Nc3c(C)cccc3C)cc2[N+](=O)[O-])cc1. The first-order valence-corrected chi connectivity index (χ1v) is 10.7. The molecule has 0 atom stereocenters. The Balaban J connectivity index is 1.68. The summed E-state index contributed by atoms with van der Waals surface area (Å²) in [5.41, 5.74) is 3.59. The molecule has 0 radical (unpaired) electrons. The van der Waals surface area contributed by atoms with Crippen LogP contribution in [-0.4, -0.2) is 23.3 Å². The van der Waals surface area contributed by atoms with Gasteiger partial charge in [-0.3, -0.25) is 19.7 Å². The van der Waals surface area contributed by atoms with Gasteiger partial charge in [-0.25, -0.2) is 0 Å². The van der Waals surface area contributed by atoms with E-state index in [1.807, 2.05) is 63.2 Å². The van der Waals surface area contributed by atoms with Gasteiger partial charge >= 0.3 is 0 Å². The molecule has 0 unspecified atom stereocenters. The molecule has 0 heterocycles. The summed E-state index contributed by atoms with van der Waals surface area (Å²) in [7, 11) is 0. The summed E-state index contributed by atoms with van der Waals surface area (Å²) in [4.78, 5) is 37.1. The van der Waals surface area contributed by atoms with E-state index in [0.717, 1.165) is 21.6 Å². The number of aryl methyl sites for hydroxylation is 3. The molecule has 2 N–H and O–H groups in total. The Morgan fingerprint density at radius 2 is 1.62 bits per heavy atom. The number of nitrogens with zero attached hydrogens (tertiary/aromatic N) is 1. The van der Waals surface area contributed by atoms with Crippen LogP contribution in [0.2, 0.25) is 0 Å². The highest BCUT2D eigenvalue weighted by atomic mass is 32.2. The first-order chi connectivity index (χ1) is 15.2. The Morgan fingerprint density at radius 3 is 2.25 bits per heavy atom. The summed E-state index contributed by atoms with van der Waals surface area (Å²) in [6, 6.07) is 17.6. The van der Waals surface area contributed by atoms with Crippen LogP contribution in [0.15, 0.2) is 70.5 Å². The van der Waals surface area contributed by atoms with Crippen molar-refractivity contribution in [3.8, 4) is 0 Å². The number of carbonyl (C=O) groups excluding carboxylic acids is 2. The fraction of sp³-hybridized carbons (Fsp3) is 0.167. The number of hydrogen-bond donors (Lipinski definition) is 2. The number of nitro benzene ring substituents is 1. The second-order valence-corrected chi connectivity index (χ2v) is 8.47. The molecule has 0 spiro atoms. The van der Waals surface area contributed by atoms with Crippen molar-refractivity contribution in [2.75, 3.05) is 11.9 Å². The van der Waals surface area contributed by atoms with Crippen LogP contribution in [-0.2, 0) is 4.79 Å². The highest BCUT2D eigenvalue weighted by Crippen LogP contribution is 2.35. The topological polar surface area (TPSA) is 101 Å². The Morgan fingerprint density at radius 1 is 0.969 bits per heavy atom. The third kappa shape index (κ3) is 5.73. The monoisotopic (exact) mass is 449 g/mol. The Hall–Kier alpha value is -3.65. The van der Waals surface area contributed by atoms with Crippen molar-refractivity contribution in [1.29, 1.82) is 0 Å². The number of anilines is 1. The predicted molar refractivity (Wildman–Crippen MR) is 125 cm³/mol. The summed E-state index contributed by atoms with van der Waals surface area (Å²) in [6.07, 6.45) is 0. The van der Waals surface area contributed by atoms with Crippen LogP contribution in [0.5, 0.6) is 0 Å². The summed E-state index contributed by atoms with van der Waals surface area (Å²) in [5.74, 6) is -0.937. The van der Waals surface area contributed by atoms with Gasteiger partial charge in [0.1, 0.15) is 0 Å². The van der Waals surface area contributed by atoms with Gasteiger partial charge in [-0.15, -0.1) is 0 Å². The van der Waals surface area contributed by atoms with Crippen LogP contribution in [0.25, 0.3) is 0 Å². The average molecular weight is 450 g/mol. The van der Waals surface area contributed by atoms with E-state index in [1.165, 1.54) is 23.9 Å². The first kappa shape index (κ1) is 23.0. The van der Waals surface area contributed by atoms with Gasteiger partial charge in [-0.2, -0.15) is 0 Å². The molecule has 0 saturated heterocycles. The molecule has 0 aliphatic heterocycles. The number of nitro groups is 1. The molecule has 0 bridgehead atoms. The number of rotatable bonds is 7. The minimum atomic E-state index is -0.559. The molecule has 7 nitrogen and oxygen atoms in total. The smallest absolute Gasteiger partial charge is 0.284 e. The van der Waals surface area contributed by atoms with Crippen LogP contribution >= 0.6 is 11.8 Å². The van der Waals surface area contributed by atoms with Crippen molar-refractivity contribution in [2.45, 2.75) is 30.6 Å². The highest BCUT2D eigenvalue weighted by molar-refractivity contribution is 7.99. The van der Waals surface area contributed by atoms with Crippen molar-refractivity contribution in [2.24, 2.45) is 0 Å². The zero-order valence-corrected chi connectivity index (χ0v) is 18.8.